The van der Waals surface area contributed by atoms with Gasteiger partial charge in [-0.05, 0) is 35.9 Å². The molecule has 0 radical (unpaired) electrons. The third-order valence-electron chi connectivity index (χ3n) is 4.25. The molecule has 2 aromatic rings. The number of anilines is 2. The third kappa shape index (κ3) is 4.21. The number of halogens is 3. The van der Waals surface area contributed by atoms with E-state index in [4.69, 9.17) is 4.74 Å². The Kier molecular flexibility index (Phi) is 5.07. The van der Waals surface area contributed by atoms with Crippen molar-refractivity contribution in [2.75, 3.05) is 12.4 Å². The molecule has 27 heavy (non-hydrogen) atoms. The minimum Gasteiger partial charge on any atom is -0.495 e. The molecule has 0 saturated carbocycles. The van der Waals surface area contributed by atoms with Crippen LogP contribution < -0.4 is 15.5 Å². The van der Waals surface area contributed by atoms with Crippen molar-refractivity contribution in [1.82, 2.24) is 5.43 Å². The third-order valence-corrected chi connectivity index (χ3v) is 4.25. The molecule has 2 aromatic carbocycles. The van der Waals surface area contributed by atoms with E-state index < -0.39 is 11.7 Å². The van der Waals surface area contributed by atoms with E-state index in [0.717, 1.165) is 23.4 Å². The highest BCUT2D eigenvalue weighted by molar-refractivity contribution is 6.05. The lowest BCUT2D eigenvalue weighted by Gasteiger charge is -2.19. The van der Waals surface area contributed by atoms with Crippen LogP contribution in [0.3, 0.4) is 0 Å². The van der Waals surface area contributed by atoms with Gasteiger partial charge in [0.25, 0.3) is 0 Å². The van der Waals surface area contributed by atoms with E-state index in [0.29, 0.717) is 17.8 Å². The number of hydrogen-bond acceptors (Lipinski definition) is 4. The van der Waals surface area contributed by atoms with Gasteiger partial charge in [-0.15, -0.1) is 0 Å². The molecule has 2 N–H and O–H groups in total. The van der Waals surface area contributed by atoms with Crippen LogP contribution in [-0.2, 0) is 11.0 Å². The van der Waals surface area contributed by atoms with Crippen molar-refractivity contribution in [3.63, 3.8) is 0 Å². The fourth-order valence-corrected chi connectivity index (χ4v) is 2.85. The number of carbonyl (C=O) groups is 1. The minimum atomic E-state index is -4.43. The van der Waals surface area contributed by atoms with Crippen LogP contribution >= 0.6 is 0 Å². The number of hydrogen-bond donors (Lipinski definition) is 2. The van der Waals surface area contributed by atoms with Crippen molar-refractivity contribution in [3.8, 4) is 5.75 Å². The van der Waals surface area contributed by atoms with Gasteiger partial charge in [0.1, 0.15) is 5.75 Å². The molecular weight excluding hydrogens is 359 g/mol. The van der Waals surface area contributed by atoms with Gasteiger partial charge >= 0.3 is 6.18 Å². The van der Waals surface area contributed by atoms with Gasteiger partial charge in [0.15, 0.2) is 0 Å². The smallest absolute Gasteiger partial charge is 0.416 e. The lowest BCUT2D eigenvalue weighted by Crippen LogP contribution is -2.31. The maximum Gasteiger partial charge on any atom is 0.416 e. The molecule has 0 spiro atoms. The molecule has 0 fully saturated rings. The van der Waals surface area contributed by atoms with Crippen molar-refractivity contribution < 1.29 is 22.7 Å². The molecule has 8 heteroatoms. The molecule has 0 unspecified atom stereocenters. The Morgan fingerprint density at radius 1 is 1.19 bits per heavy atom. The van der Waals surface area contributed by atoms with Gasteiger partial charge in [0, 0.05) is 18.0 Å². The van der Waals surface area contributed by atoms with Crippen LogP contribution in [0.1, 0.15) is 24.5 Å². The molecule has 0 saturated heterocycles. The quantitative estimate of drug-likeness (QED) is 0.834. The second-order valence-electron chi connectivity index (χ2n) is 6.25. The number of methoxy groups -OCH3 is 1. The molecule has 1 aliphatic rings. The second kappa shape index (κ2) is 7.30. The van der Waals surface area contributed by atoms with Crippen LogP contribution in [0.15, 0.2) is 47.6 Å². The van der Waals surface area contributed by atoms with Gasteiger partial charge < -0.3 is 10.1 Å². The first-order chi connectivity index (χ1) is 12.8. The van der Waals surface area contributed by atoms with Gasteiger partial charge in [0.2, 0.25) is 5.91 Å². The van der Waals surface area contributed by atoms with Crippen LogP contribution in [0.25, 0.3) is 0 Å². The summed E-state index contributed by atoms with van der Waals surface area (Å²) in [5.74, 6) is -0.00612. The fourth-order valence-electron chi connectivity index (χ4n) is 2.85. The molecule has 0 bridgehead atoms. The molecule has 1 heterocycles. The van der Waals surface area contributed by atoms with Crippen molar-refractivity contribution >= 4 is 23.0 Å². The van der Waals surface area contributed by atoms with Crippen LogP contribution in [0.4, 0.5) is 24.5 Å². The maximum absolute atomic E-state index is 12.8. The Morgan fingerprint density at radius 3 is 2.48 bits per heavy atom. The van der Waals surface area contributed by atoms with Crippen molar-refractivity contribution in [2.45, 2.75) is 19.5 Å². The van der Waals surface area contributed by atoms with Crippen LogP contribution in [0.2, 0.25) is 0 Å². The first-order valence-electron chi connectivity index (χ1n) is 8.27. The number of nitrogens with one attached hydrogen (secondary N) is 2. The van der Waals surface area contributed by atoms with E-state index in [2.05, 4.69) is 15.8 Å². The number of ether oxygens (including phenoxy) is 1. The first-order valence-corrected chi connectivity index (χ1v) is 8.27. The first kappa shape index (κ1) is 18.8. The zero-order valence-electron chi connectivity index (χ0n) is 14.7. The van der Waals surface area contributed by atoms with Crippen LogP contribution in [0.5, 0.6) is 5.75 Å². The monoisotopic (exact) mass is 377 g/mol. The summed E-state index contributed by atoms with van der Waals surface area (Å²) in [5.41, 5.74) is 4.46. The van der Waals surface area contributed by atoms with E-state index in [1.165, 1.54) is 13.2 Å². The molecular formula is C19H18F3N3O2. The van der Waals surface area contributed by atoms with Crippen LogP contribution in [0, 0.1) is 5.92 Å². The highest BCUT2D eigenvalue weighted by Crippen LogP contribution is 2.36. The second-order valence-corrected chi connectivity index (χ2v) is 6.25. The number of hydrazone groups is 1. The van der Waals surface area contributed by atoms with E-state index in [9.17, 15) is 18.0 Å². The SMILES string of the molecule is COc1cc(C(F)(F)F)ccc1Nc1ccc(C2=NNC(=O)C[C@H]2C)cc1. The topological polar surface area (TPSA) is 62.7 Å². The number of alkyl halides is 3. The predicted molar refractivity (Wildman–Crippen MR) is 96.2 cm³/mol. The molecule has 0 aliphatic carbocycles. The average molecular weight is 377 g/mol. The minimum absolute atomic E-state index is 0.00701. The van der Waals surface area contributed by atoms with Crippen LogP contribution in [-0.4, -0.2) is 18.7 Å². The summed E-state index contributed by atoms with van der Waals surface area (Å²) in [6.45, 7) is 1.93. The summed E-state index contributed by atoms with van der Waals surface area (Å²) in [6, 6.07) is 10.5. The van der Waals surface area contributed by atoms with E-state index in [1.807, 2.05) is 19.1 Å². The highest BCUT2D eigenvalue weighted by atomic mass is 19.4. The lowest BCUT2D eigenvalue weighted by atomic mass is 9.94. The largest absolute Gasteiger partial charge is 0.495 e. The van der Waals surface area contributed by atoms with E-state index >= 15 is 0 Å². The van der Waals surface area contributed by atoms with Gasteiger partial charge in [0.05, 0.1) is 24.1 Å². The Hall–Kier alpha value is -3.03. The molecule has 1 atom stereocenters. The van der Waals surface area contributed by atoms with E-state index in [1.54, 1.807) is 12.1 Å². The maximum atomic E-state index is 12.8. The molecule has 0 aromatic heterocycles. The molecule has 1 amide bonds. The average Bonchev–Trinajstić information content (AvgIpc) is 2.62. The van der Waals surface area contributed by atoms with Gasteiger partial charge in [-0.2, -0.15) is 18.3 Å². The summed E-state index contributed by atoms with van der Waals surface area (Å²) in [5, 5.41) is 7.15. The highest BCUT2D eigenvalue weighted by Gasteiger charge is 2.31. The van der Waals surface area contributed by atoms with Gasteiger partial charge in [-0.25, -0.2) is 5.43 Å². The summed E-state index contributed by atoms with van der Waals surface area (Å²) in [4.78, 5) is 11.3. The number of nitrogens with zero attached hydrogens (tertiary/aromatic N) is 1. The molecule has 5 nitrogen and oxygen atoms in total. The number of carbonyl (C=O) groups excluding carboxylic acids is 1. The van der Waals surface area contributed by atoms with Crippen molar-refractivity contribution in [2.24, 2.45) is 11.0 Å². The predicted octanol–water partition coefficient (Wildman–Crippen LogP) is 4.32. The number of benzene rings is 2. The Morgan fingerprint density at radius 2 is 1.89 bits per heavy atom. The van der Waals surface area contributed by atoms with Crippen molar-refractivity contribution in [3.05, 3.63) is 53.6 Å². The fraction of sp³-hybridized carbons (Fsp3) is 0.263. The number of rotatable bonds is 4. The molecule has 1 aliphatic heterocycles. The summed E-state index contributed by atoms with van der Waals surface area (Å²) < 4.78 is 43.6. The summed E-state index contributed by atoms with van der Waals surface area (Å²) in [7, 11) is 1.32. The van der Waals surface area contributed by atoms with Gasteiger partial charge in [-0.3, -0.25) is 4.79 Å². The zero-order valence-corrected chi connectivity index (χ0v) is 14.7. The molecule has 3 rings (SSSR count). The Labute approximate surface area is 154 Å². The van der Waals surface area contributed by atoms with Crippen molar-refractivity contribution in [1.29, 1.82) is 0 Å². The Balaban J connectivity index is 1.80. The number of amides is 1. The lowest BCUT2D eigenvalue weighted by molar-refractivity contribution is -0.137. The summed E-state index contributed by atoms with van der Waals surface area (Å²) in [6.07, 6.45) is -4.05. The zero-order chi connectivity index (χ0) is 19.6. The summed E-state index contributed by atoms with van der Waals surface area (Å²) >= 11 is 0. The molecule has 142 valence electrons. The normalized spacial score (nSPS) is 17.1. The van der Waals surface area contributed by atoms with Gasteiger partial charge in [-0.1, -0.05) is 19.1 Å². The Bertz CT molecular complexity index is 877. The van der Waals surface area contributed by atoms with E-state index in [-0.39, 0.29) is 17.6 Å². The standard InChI is InChI=1S/C19H18F3N3O2/c1-11-9-17(26)24-25-18(11)12-3-6-14(7-4-12)23-15-8-5-13(19(20,21)22)10-16(15)27-2/h3-8,10-11,23H,9H2,1-2H3,(H,24,26)/t11-/m1/s1.